The molecule has 2 N–H and O–H groups in total. The number of amides is 1. The van der Waals surface area contributed by atoms with Crippen molar-refractivity contribution in [3.05, 3.63) is 57.9 Å². The normalized spacial score (nSPS) is 11.0. The Morgan fingerprint density at radius 3 is 2.79 bits per heavy atom. The molecule has 1 amide bonds. The molecule has 0 radical (unpaired) electrons. The van der Waals surface area contributed by atoms with E-state index in [1.54, 1.807) is 26.0 Å². The standard InChI is InChI=1S/C19H18F2N4O3/c1-10-12(18(27)24-11(2)23-10)5-8-16(26)25-14-6-7-15(28-19(20)21)17-13(14)4-3-9-22-17/h3-4,6-7,9,19H,5,8H2,1-2H3,(H,25,26)(H,23,24,27). The number of hydrogen-bond acceptors (Lipinski definition) is 5. The summed E-state index contributed by atoms with van der Waals surface area (Å²) in [6.45, 7) is 0.428. The van der Waals surface area contributed by atoms with Crippen molar-refractivity contribution in [2.45, 2.75) is 33.3 Å². The van der Waals surface area contributed by atoms with Gasteiger partial charge in [0.1, 0.15) is 11.3 Å². The Hall–Kier alpha value is -3.36. The number of ether oxygens (including phenoxy) is 1. The van der Waals surface area contributed by atoms with Crippen LogP contribution in [0.25, 0.3) is 10.9 Å². The number of carbonyl (C=O) groups is 1. The van der Waals surface area contributed by atoms with Gasteiger partial charge in [-0.05, 0) is 44.5 Å². The van der Waals surface area contributed by atoms with E-state index in [-0.39, 0.29) is 35.6 Å². The number of aryl methyl sites for hydroxylation is 2. The highest BCUT2D eigenvalue weighted by atomic mass is 19.3. The SMILES string of the molecule is Cc1nc(C)c(CCC(=O)Nc2ccc(OC(F)F)c3ncccc23)c(=O)[nH]1. The molecule has 0 atom stereocenters. The van der Waals surface area contributed by atoms with Gasteiger partial charge < -0.3 is 15.0 Å². The van der Waals surface area contributed by atoms with Crippen LogP contribution in [-0.4, -0.2) is 27.5 Å². The second-order valence-electron chi connectivity index (χ2n) is 6.15. The van der Waals surface area contributed by atoms with Crippen LogP contribution in [0.15, 0.2) is 35.3 Å². The van der Waals surface area contributed by atoms with Gasteiger partial charge in [0.25, 0.3) is 5.56 Å². The van der Waals surface area contributed by atoms with E-state index in [2.05, 4.69) is 25.0 Å². The summed E-state index contributed by atoms with van der Waals surface area (Å²) in [5.74, 6) is 0.115. The van der Waals surface area contributed by atoms with Gasteiger partial charge in [0.05, 0.1) is 5.69 Å². The van der Waals surface area contributed by atoms with Gasteiger partial charge in [-0.25, -0.2) is 4.98 Å². The number of hydrogen-bond donors (Lipinski definition) is 2. The molecule has 7 nitrogen and oxygen atoms in total. The number of alkyl halides is 2. The Morgan fingerprint density at radius 1 is 1.29 bits per heavy atom. The van der Waals surface area contributed by atoms with Crippen molar-refractivity contribution in [1.82, 2.24) is 15.0 Å². The zero-order valence-corrected chi connectivity index (χ0v) is 15.3. The summed E-state index contributed by atoms with van der Waals surface area (Å²) in [6.07, 6.45) is 1.74. The first-order chi connectivity index (χ1) is 13.3. The molecular formula is C19H18F2N4O3. The zero-order chi connectivity index (χ0) is 20.3. The van der Waals surface area contributed by atoms with Gasteiger partial charge in [0.15, 0.2) is 5.75 Å². The maximum atomic E-state index is 12.6. The Morgan fingerprint density at radius 2 is 2.07 bits per heavy atom. The number of fused-ring (bicyclic) bond motifs is 1. The predicted octanol–water partition coefficient (Wildman–Crippen LogP) is 3.11. The number of rotatable bonds is 6. The molecule has 0 unspecified atom stereocenters. The molecule has 0 spiro atoms. The van der Waals surface area contributed by atoms with E-state index in [0.717, 1.165) is 0 Å². The van der Waals surface area contributed by atoms with Gasteiger partial charge in [-0.2, -0.15) is 8.78 Å². The number of pyridine rings is 1. The fraction of sp³-hybridized carbons (Fsp3) is 0.263. The van der Waals surface area contributed by atoms with E-state index in [9.17, 15) is 18.4 Å². The maximum Gasteiger partial charge on any atom is 0.387 e. The third kappa shape index (κ3) is 4.30. The van der Waals surface area contributed by atoms with Crippen molar-refractivity contribution in [2.75, 3.05) is 5.32 Å². The van der Waals surface area contributed by atoms with Crippen LogP contribution in [0, 0.1) is 13.8 Å². The molecule has 0 aliphatic carbocycles. The van der Waals surface area contributed by atoms with Crippen molar-refractivity contribution in [1.29, 1.82) is 0 Å². The summed E-state index contributed by atoms with van der Waals surface area (Å²) in [7, 11) is 0. The molecule has 0 aliphatic heterocycles. The quantitative estimate of drug-likeness (QED) is 0.676. The molecule has 0 aliphatic rings. The lowest BCUT2D eigenvalue weighted by molar-refractivity contribution is -0.116. The van der Waals surface area contributed by atoms with Crippen LogP contribution in [0.2, 0.25) is 0 Å². The monoisotopic (exact) mass is 388 g/mol. The van der Waals surface area contributed by atoms with E-state index in [4.69, 9.17) is 0 Å². The molecule has 1 aromatic carbocycles. The second kappa shape index (κ2) is 8.12. The van der Waals surface area contributed by atoms with Gasteiger partial charge in [0.2, 0.25) is 5.91 Å². The van der Waals surface area contributed by atoms with Crippen LogP contribution < -0.4 is 15.6 Å². The Bertz CT molecular complexity index is 1080. The van der Waals surface area contributed by atoms with Crippen LogP contribution in [0.5, 0.6) is 5.75 Å². The minimum absolute atomic E-state index is 0.0612. The van der Waals surface area contributed by atoms with E-state index >= 15 is 0 Å². The van der Waals surface area contributed by atoms with Crippen molar-refractivity contribution in [2.24, 2.45) is 0 Å². The summed E-state index contributed by atoms with van der Waals surface area (Å²) in [5.41, 5.74) is 1.41. The Balaban J connectivity index is 1.78. The molecule has 9 heteroatoms. The molecule has 3 rings (SSSR count). The summed E-state index contributed by atoms with van der Waals surface area (Å²) < 4.78 is 29.6. The minimum atomic E-state index is -2.98. The van der Waals surface area contributed by atoms with Crippen LogP contribution in [0.4, 0.5) is 14.5 Å². The highest BCUT2D eigenvalue weighted by Crippen LogP contribution is 2.31. The number of H-pyrrole nitrogens is 1. The number of aromatic amines is 1. The molecule has 28 heavy (non-hydrogen) atoms. The first-order valence-corrected chi connectivity index (χ1v) is 8.54. The maximum absolute atomic E-state index is 12.6. The number of aromatic nitrogens is 3. The topological polar surface area (TPSA) is 97.0 Å². The van der Waals surface area contributed by atoms with Crippen molar-refractivity contribution in [3.63, 3.8) is 0 Å². The van der Waals surface area contributed by atoms with Gasteiger partial charge in [0, 0.05) is 29.3 Å². The summed E-state index contributed by atoms with van der Waals surface area (Å²) in [5, 5.41) is 3.20. The molecule has 146 valence electrons. The van der Waals surface area contributed by atoms with Crippen LogP contribution in [0.1, 0.15) is 23.5 Å². The van der Waals surface area contributed by atoms with Gasteiger partial charge in [-0.3, -0.25) is 14.6 Å². The van der Waals surface area contributed by atoms with Crippen LogP contribution >= 0.6 is 0 Å². The Labute approximate surface area is 158 Å². The van der Waals surface area contributed by atoms with Gasteiger partial charge in [-0.15, -0.1) is 0 Å². The molecule has 0 saturated carbocycles. The molecule has 2 aromatic heterocycles. The van der Waals surface area contributed by atoms with E-state index in [1.165, 1.54) is 18.3 Å². The Kier molecular flexibility index (Phi) is 5.62. The predicted molar refractivity (Wildman–Crippen MR) is 99.7 cm³/mol. The smallest absolute Gasteiger partial charge is 0.387 e. The lowest BCUT2D eigenvalue weighted by atomic mass is 10.1. The lowest BCUT2D eigenvalue weighted by Crippen LogP contribution is -2.20. The second-order valence-corrected chi connectivity index (χ2v) is 6.15. The summed E-state index contributed by atoms with van der Waals surface area (Å²) in [4.78, 5) is 35.3. The summed E-state index contributed by atoms with van der Waals surface area (Å²) >= 11 is 0. The summed E-state index contributed by atoms with van der Waals surface area (Å²) in [6, 6.07) is 6.08. The largest absolute Gasteiger partial charge is 0.432 e. The molecular weight excluding hydrogens is 370 g/mol. The number of halogens is 2. The van der Waals surface area contributed by atoms with Crippen molar-refractivity contribution >= 4 is 22.5 Å². The molecule has 2 heterocycles. The highest BCUT2D eigenvalue weighted by Gasteiger charge is 2.14. The molecule has 0 bridgehead atoms. The van der Waals surface area contributed by atoms with E-state index in [0.29, 0.717) is 28.2 Å². The third-order valence-electron chi connectivity index (χ3n) is 4.17. The number of benzene rings is 1. The van der Waals surface area contributed by atoms with E-state index < -0.39 is 6.61 Å². The minimum Gasteiger partial charge on any atom is -0.432 e. The van der Waals surface area contributed by atoms with Gasteiger partial charge in [-0.1, -0.05) is 0 Å². The highest BCUT2D eigenvalue weighted by molar-refractivity contribution is 6.02. The zero-order valence-electron chi connectivity index (χ0n) is 15.3. The van der Waals surface area contributed by atoms with E-state index in [1.807, 2.05) is 0 Å². The average Bonchev–Trinajstić information content (AvgIpc) is 2.62. The van der Waals surface area contributed by atoms with Gasteiger partial charge >= 0.3 is 6.61 Å². The first kappa shape index (κ1) is 19.4. The third-order valence-corrected chi connectivity index (χ3v) is 4.17. The molecule has 3 aromatic rings. The fourth-order valence-electron chi connectivity index (χ4n) is 2.94. The number of nitrogens with one attached hydrogen (secondary N) is 2. The fourth-order valence-corrected chi connectivity index (χ4v) is 2.94. The molecule has 0 fully saturated rings. The van der Waals surface area contributed by atoms with Crippen molar-refractivity contribution < 1.29 is 18.3 Å². The number of nitrogens with zero attached hydrogens (tertiary/aromatic N) is 2. The number of anilines is 1. The van der Waals surface area contributed by atoms with Crippen LogP contribution in [-0.2, 0) is 11.2 Å². The van der Waals surface area contributed by atoms with Crippen molar-refractivity contribution in [3.8, 4) is 5.75 Å². The lowest BCUT2D eigenvalue weighted by Gasteiger charge is -2.12. The number of carbonyl (C=O) groups excluding carboxylic acids is 1. The molecule has 0 saturated heterocycles. The average molecular weight is 388 g/mol. The first-order valence-electron chi connectivity index (χ1n) is 8.54. The van der Waals surface area contributed by atoms with Crippen LogP contribution in [0.3, 0.4) is 0 Å².